The monoisotopic (exact) mass is 385 g/mol. The third-order valence-electron chi connectivity index (χ3n) is 4.31. The number of carboxylic acid groups (broad SMARTS) is 1. The van der Waals surface area contributed by atoms with Crippen molar-refractivity contribution in [3.63, 3.8) is 0 Å². The number of carboxylic acids is 1. The predicted molar refractivity (Wildman–Crippen MR) is 85.8 cm³/mol. The lowest BCUT2D eigenvalue weighted by Gasteiger charge is -2.30. The van der Waals surface area contributed by atoms with Crippen LogP contribution in [0.4, 0.5) is 17.6 Å². The Morgan fingerprint density at radius 1 is 1.30 bits per heavy atom. The molecule has 0 unspecified atom stereocenters. The van der Waals surface area contributed by atoms with Gasteiger partial charge in [-0.3, -0.25) is 0 Å². The fraction of sp³-hybridized carbons (Fsp3) is 0.333. The van der Waals surface area contributed by atoms with Crippen LogP contribution in [0.5, 0.6) is 5.88 Å². The van der Waals surface area contributed by atoms with Crippen molar-refractivity contribution in [3.05, 3.63) is 47.2 Å². The maximum absolute atomic E-state index is 14.2. The van der Waals surface area contributed by atoms with Gasteiger partial charge in [-0.25, -0.2) is 18.6 Å². The molecule has 0 saturated heterocycles. The number of nitrogens with zero attached hydrogens (tertiary/aromatic N) is 1. The minimum Gasteiger partial charge on any atom is -0.477 e. The van der Waals surface area contributed by atoms with Crippen molar-refractivity contribution in [2.75, 3.05) is 0 Å². The molecule has 3 rings (SSSR count). The lowest BCUT2D eigenvalue weighted by molar-refractivity contribution is -0.180. The number of aromatic carboxylic acids is 1. The van der Waals surface area contributed by atoms with Gasteiger partial charge in [0.15, 0.2) is 5.69 Å². The minimum absolute atomic E-state index is 0.00326. The molecule has 0 spiro atoms. The second-order valence-electron chi connectivity index (χ2n) is 6.06. The van der Waals surface area contributed by atoms with Gasteiger partial charge in [0, 0.05) is 17.2 Å². The zero-order chi connectivity index (χ0) is 19.7. The van der Waals surface area contributed by atoms with Gasteiger partial charge >= 0.3 is 12.6 Å². The number of fused-ring (bicyclic) bond motifs is 1. The summed E-state index contributed by atoms with van der Waals surface area (Å²) < 4.78 is 62.3. The Balaban J connectivity index is 2.05. The first kappa shape index (κ1) is 19.1. The number of hydrogen-bond acceptors (Lipinski definition) is 4. The second-order valence-corrected chi connectivity index (χ2v) is 6.06. The van der Waals surface area contributed by atoms with Crippen LogP contribution in [-0.4, -0.2) is 34.9 Å². The third-order valence-corrected chi connectivity index (χ3v) is 4.31. The maximum atomic E-state index is 14.2. The standard InChI is InChI=1S/C18H15F4NO4/c1-8(26-18(21)22)15-5-4-11-12(10-3-2-9(19)6-13(10)20)7-14(17(24)25)23-16(11)27-15/h2-3,6-8,15,18H,4-5H2,1H3,(H,24,25)/t8-,15+/m1/s1. The van der Waals surface area contributed by atoms with Crippen molar-refractivity contribution in [3.8, 4) is 17.0 Å². The van der Waals surface area contributed by atoms with Gasteiger partial charge in [-0.05, 0) is 43.5 Å². The molecule has 2 aromatic rings. The number of aromatic nitrogens is 1. The van der Waals surface area contributed by atoms with Crippen LogP contribution in [-0.2, 0) is 11.2 Å². The highest BCUT2D eigenvalue weighted by Gasteiger charge is 2.31. The van der Waals surface area contributed by atoms with Gasteiger partial charge in [0.05, 0.1) is 6.10 Å². The normalized spacial score (nSPS) is 17.3. The number of pyridine rings is 1. The van der Waals surface area contributed by atoms with Crippen molar-refractivity contribution in [2.45, 2.75) is 38.6 Å². The molecular weight excluding hydrogens is 370 g/mol. The maximum Gasteiger partial charge on any atom is 0.354 e. The van der Waals surface area contributed by atoms with Gasteiger partial charge in [-0.15, -0.1) is 0 Å². The number of carbonyl (C=O) groups is 1. The van der Waals surface area contributed by atoms with Crippen molar-refractivity contribution in [1.82, 2.24) is 4.98 Å². The lowest BCUT2D eigenvalue weighted by atomic mass is 9.93. The zero-order valence-corrected chi connectivity index (χ0v) is 14.1. The molecule has 0 aliphatic carbocycles. The number of ether oxygens (including phenoxy) is 2. The summed E-state index contributed by atoms with van der Waals surface area (Å²) in [6, 6.07) is 4.12. The van der Waals surface area contributed by atoms with Crippen molar-refractivity contribution in [1.29, 1.82) is 0 Å². The summed E-state index contributed by atoms with van der Waals surface area (Å²) in [5.74, 6) is -3.10. The third kappa shape index (κ3) is 4.02. The van der Waals surface area contributed by atoms with E-state index in [1.54, 1.807) is 0 Å². The van der Waals surface area contributed by atoms with Crippen molar-refractivity contribution in [2.24, 2.45) is 0 Å². The molecule has 1 aliphatic heterocycles. The van der Waals surface area contributed by atoms with Crippen LogP contribution >= 0.6 is 0 Å². The highest BCUT2D eigenvalue weighted by molar-refractivity contribution is 5.88. The van der Waals surface area contributed by atoms with Gasteiger partial charge in [0.1, 0.15) is 17.7 Å². The topological polar surface area (TPSA) is 68.7 Å². The van der Waals surface area contributed by atoms with Crippen molar-refractivity contribution >= 4 is 5.97 Å². The molecule has 27 heavy (non-hydrogen) atoms. The van der Waals surface area contributed by atoms with E-state index in [-0.39, 0.29) is 29.8 Å². The summed E-state index contributed by atoms with van der Waals surface area (Å²) in [5.41, 5.74) is 0.217. The van der Waals surface area contributed by atoms with E-state index in [2.05, 4.69) is 9.72 Å². The van der Waals surface area contributed by atoms with Crippen LogP contribution < -0.4 is 4.74 Å². The first-order valence-electron chi connectivity index (χ1n) is 8.09. The Morgan fingerprint density at radius 3 is 2.67 bits per heavy atom. The summed E-state index contributed by atoms with van der Waals surface area (Å²) in [5, 5.41) is 9.27. The largest absolute Gasteiger partial charge is 0.477 e. The van der Waals surface area contributed by atoms with Crippen LogP contribution in [0, 0.1) is 11.6 Å². The molecule has 0 radical (unpaired) electrons. The molecule has 5 nitrogen and oxygen atoms in total. The molecule has 1 aromatic heterocycles. The quantitative estimate of drug-likeness (QED) is 0.787. The fourth-order valence-electron chi connectivity index (χ4n) is 3.01. The van der Waals surface area contributed by atoms with Crippen LogP contribution in [0.2, 0.25) is 0 Å². The molecule has 0 amide bonds. The zero-order valence-electron chi connectivity index (χ0n) is 14.1. The predicted octanol–water partition coefficient (Wildman–Crippen LogP) is 4.05. The van der Waals surface area contributed by atoms with E-state index in [1.807, 2.05) is 0 Å². The van der Waals surface area contributed by atoms with E-state index in [9.17, 15) is 27.5 Å². The van der Waals surface area contributed by atoms with E-state index in [1.165, 1.54) is 19.1 Å². The molecule has 9 heteroatoms. The number of halogens is 4. The molecule has 1 N–H and O–H groups in total. The highest BCUT2D eigenvalue weighted by Crippen LogP contribution is 2.37. The van der Waals surface area contributed by atoms with Gasteiger partial charge in [0.2, 0.25) is 5.88 Å². The molecule has 1 aromatic carbocycles. The van der Waals surface area contributed by atoms with E-state index >= 15 is 0 Å². The van der Waals surface area contributed by atoms with E-state index in [0.29, 0.717) is 11.6 Å². The lowest BCUT2D eigenvalue weighted by Crippen LogP contribution is -2.36. The highest BCUT2D eigenvalue weighted by atomic mass is 19.3. The van der Waals surface area contributed by atoms with Crippen LogP contribution in [0.1, 0.15) is 29.4 Å². The first-order valence-corrected chi connectivity index (χ1v) is 8.09. The second kappa shape index (κ2) is 7.51. The summed E-state index contributed by atoms with van der Waals surface area (Å²) in [7, 11) is 0. The van der Waals surface area contributed by atoms with Crippen LogP contribution in [0.25, 0.3) is 11.1 Å². The van der Waals surface area contributed by atoms with E-state index < -0.39 is 42.1 Å². The van der Waals surface area contributed by atoms with E-state index in [4.69, 9.17) is 4.74 Å². The Kier molecular flexibility index (Phi) is 5.31. The fourth-order valence-corrected chi connectivity index (χ4v) is 3.01. The summed E-state index contributed by atoms with van der Waals surface area (Å²) in [4.78, 5) is 15.3. The Bertz CT molecular complexity index is 875. The van der Waals surface area contributed by atoms with Gasteiger partial charge in [-0.1, -0.05) is 0 Å². The average Bonchev–Trinajstić information content (AvgIpc) is 2.59. The SMILES string of the molecule is C[C@@H](OC(F)F)[C@@H]1CCc2c(-c3ccc(F)cc3F)cc(C(=O)O)nc2O1. The number of alkyl halides is 2. The van der Waals surface area contributed by atoms with E-state index in [0.717, 1.165) is 6.07 Å². The first-order chi connectivity index (χ1) is 12.8. The van der Waals surface area contributed by atoms with Gasteiger partial charge in [-0.2, -0.15) is 8.78 Å². The van der Waals surface area contributed by atoms with Crippen LogP contribution in [0.3, 0.4) is 0 Å². The smallest absolute Gasteiger partial charge is 0.354 e. The molecule has 144 valence electrons. The number of hydrogen-bond donors (Lipinski definition) is 1. The molecule has 1 aliphatic rings. The van der Waals surface area contributed by atoms with Crippen LogP contribution in [0.15, 0.2) is 24.3 Å². The average molecular weight is 385 g/mol. The number of rotatable bonds is 5. The Hall–Kier alpha value is -2.68. The Morgan fingerprint density at radius 2 is 2.04 bits per heavy atom. The molecular formula is C18H15F4NO4. The molecule has 2 heterocycles. The minimum atomic E-state index is -2.98. The summed E-state index contributed by atoms with van der Waals surface area (Å²) in [6.07, 6.45) is -1.17. The molecule has 2 atom stereocenters. The van der Waals surface area contributed by atoms with Gasteiger partial charge < -0.3 is 14.6 Å². The Labute approximate surface area is 151 Å². The molecule has 0 bridgehead atoms. The van der Waals surface area contributed by atoms with Gasteiger partial charge in [0.25, 0.3) is 0 Å². The molecule has 0 saturated carbocycles. The number of benzene rings is 1. The van der Waals surface area contributed by atoms with Crippen molar-refractivity contribution < 1.29 is 36.9 Å². The molecule has 0 fully saturated rings. The summed E-state index contributed by atoms with van der Waals surface area (Å²) in [6.45, 7) is -1.57. The summed E-state index contributed by atoms with van der Waals surface area (Å²) >= 11 is 0.